The molecule has 1 N–H and O–H groups in total. The van der Waals surface area contributed by atoms with Gasteiger partial charge < -0.3 is 10.0 Å². The van der Waals surface area contributed by atoms with Crippen LogP contribution in [0.1, 0.15) is 18.9 Å². The lowest BCUT2D eigenvalue weighted by molar-refractivity contribution is -0.384. The Balaban J connectivity index is 2.95. The van der Waals surface area contributed by atoms with Crippen molar-refractivity contribution in [2.75, 3.05) is 24.0 Å². The standard InChI is InChI=1S/C13H20N2O3S/c1-10(6-7-19-3)14(2)13-5-4-12(15(17)18)8-11(13)9-16/h4-5,8,10,16H,6-7,9H2,1-3H3. The molecule has 1 aromatic carbocycles. The molecule has 0 aliphatic carbocycles. The van der Waals surface area contributed by atoms with Crippen LogP contribution in [0.2, 0.25) is 0 Å². The summed E-state index contributed by atoms with van der Waals surface area (Å²) in [6.07, 6.45) is 3.09. The molecule has 0 saturated heterocycles. The normalized spacial score (nSPS) is 12.2. The minimum absolute atomic E-state index is 0.0120. The lowest BCUT2D eigenvalue weighted by Gasteiger charge is -2.28. The van der Waals surface area contributed by atoms with Crippen molar-refractivity contribution in [3.8, 4) is 0 Å². The molecule has 0 bridgehead atoms. The molecule has 5 nitrogen and oxygen atoms in total. The molecular weight excluding hydrogens is 264 g/mol. The van der Waals surface area contributed by atoms with Gasteiger partial charge in [-0.15, -0.1) is 0 Å². The Morgan fingerprint density at radius 1 is 1.53 bits per heavy atom. The van der Waals surface area contributed by atoms with E-state index in [-0.39, 0.29) is 12.3 Å². The first kappa shape index (κ1) is 15.8. The van der Waals surface area contributed by atoms with Crippen molar-refractivity contribution < 1.29 is 10.0 Å². The molecule has 0 spiro atoms. The summed E-state index contributed by atoms with van der Waals surface area (Å²) in [6.45, 7) is 1.91. The van der Waals surface area contributed by atoms with Crippen LogP contribution in [0, 0.1) is 10.1 Å². The van der Waals surface area contributed by atoms with Crippen LogP contribution in [-0.2, 0) is 6.61 Å². The number of nitro benzene ring substituents is 1. The summed E-state index contributed by atoms with van der Waals surface area (Å²) in [5, 5.41) is 20.1. The SMILES string of the molecule is CSCCC(C)N(C)c1ccc([N+](=O)[O-])cc1CO. The smallest absolute Gasteiger partial charge is 0.269 e. The minimum Gasteiger partial charge on any atom is -0.392 e. The third-order valence-corrected chi connectivity index (χ3v) is 3.87. The van der Waals surface area contributed by atoms with Crippen LogP contribution in [-0.4, -0.2) is 35.1 Å². The Hall–Kier alpha value is -1.27. The Morgan fingerprint density at radius 2 is 2.21 bits per heavy atom. The molecule has 1 aromatic rings. The second-order valence-electron chi connectivity index (χ2n) is 4.47. The third-order valence-electron chi connectivity index (χ3n) is 3.23. The summed E-state index contributed by atoms with van der Waals surface area (Å²) in [5.41, 5.74) is 1.45. The summed E-state index contributed by atoms with van der Waals surface area (Å²) >= 11 is 1.79. The molecule has 0 heterocycles. The fourth-order valence-electron chi connectivity index (χ4n) is 1.88. The van der Waals surface area contributed by atoms with Gasteiger partial charge in [0.05, 0.1) is 11.5 Å². The van der Waals surface area contributed by atoms with E-state index in [0.717, 1.165) is 17.9 Å². The molecular formula is C13H20N2O3S. The zero-order valence-electron chi connectivity index (χ0n) is 11.5. The summed E-state index contributed by atoms with van der Waals surface area (Å²) < 4.78 is 0. The highest BCUT2D eigenvalue weighted by Gasteiger charge is 2.16. The topological polar surface area (TPSA) is 66.6 Å². The molecule has 1 unspecified atom stereocenters. The zero-order chi connectivity index (χ0) is 14.4. The number of anilines is 1. The van der Waals surface area contributed by atoms with Crippen LogP contribution >= 0.6 is 11.8 Å². The van der Waals surface area contributed by atoms with Crippen LogP contribution < -0.4 is 4.90 Å². The Kier molecular flexibility index (Phi) is 6.11. The van der Waals surface area contributed by atoms with Gasteiger partial charge >= 0.3 is 0 Å². The van der Waals surface area contributed by atoms with Gasteiger partial charge in [0.2, 0.25) is 0 Å². The summed E-state index contributed by atoms with van der Waals surface area (Å²) in [6, 6.07) is 4.94. The van der Waals surface area contributed by atoms with Crippen LogP contribution in [0.25, 0.3) is 0 Å². The number of aliphatic hydroxyl groups excluding tert-OH is 1. The van der Waals surface area contributed by atoms with Gasteiger partial charge in [0, 0.05) is 36.5 Å². The van der Waals surface area contributed by atoms with Crippen molar-refractivity contribution in [2.24, 2.45) is 0 Å². The van der Waals surface area contributed by atoms with Crippen molar-refractivity contribution in [1.82, 2.24) is 0 Å². The predicted molar refractivity (Wildman–Crippen MR) is 79.9 cm³/mol. The first-order valence-electron chi connectivity index (χ1n) is 6.11. The fourth-order valence-corrected chi connectivity index (χ4v) is 2.45. The van der Waals surface area contributed by atoms with E-state index in [2.05, 4.69) is 18.1 Å². The van der Waals surface area contributed by atoms with Crippen molar-refractivity contribution in [1.29, 1.82) is 0 Å². The van der Waals surface area contributed by atoms with Crippen molar-refractivity contribution in [3.05, 3.63) is 33.9 Å². The highest BCUT2D eigenvalue weighted by atomic mass is 32.2. The van der Waals surface area contributed by atoms with Crippen LogP contribution in [0.4, 0.5) is 11.4 Å². The fraction of sp³-hybridized carbons (Fsp3) is 0.538. The highest BCUT2D eigenvalue weighted by molar-refractivity contribution is 7.98. The number of rotatable bonds is 7. The van der Waals surface area contributed by atoms with Gasteiger partial charge in [0.15, 0.2) is 0 Å². The van der Waals surface area contributed by atoms with Crippen molar-refractivity contribution in [2.45, 2.75) is 26.0 Å². The molecule has 1 atom stereocenters. The van der Waals surface area contributed by atoms with Gasteiger partial charge in [-0.2, -0.15) is 11.8 Å². The average molecular weight is 284 g/mol. The van der Waals surface area contributed by atoms with Gasteiger partial charge in [0.25, 0.3) is 5.69 Å². The van der Waals surface area contributed by atoms with Gasteiger partial charge in [-0.05, 0) is 31.4 Å². The summed E-state index contributed by atoms with van der Waals surface area (Å²) in [7, 11) is 1.95. The molecule has 106 valence electrons. The average Bonchev–Trinajstić information content (AvgIpc) is 2.42. The quantitative estimate of drug-likeness (QED) is 0.616. The molecule has 0 amide bonds. The van der Waals surface area contributed by atoms with E-state index in [1.165, 1.54) is 12.1 Å². The van der Waals surface area contributed by atoms with Crippen molar-refractivity contribution >= 4 is 23.1 Å². The molecule has 19 heavy (non-hydrogen) atoms. The third kappa shape index (κ3) is 4.11. The van der Waals surface area contributed by atoms with Gasteiger partial charge in [-0.25, -0.2) is 0 Å². The number of hydrogen-bond acceptors (Lipinski definition) is 5. The maximum atomic E-state index is 10.7. The molecule has 0 aliphatic rings. The van der Waals surface area contributed by atoms with E-state index in [1.54, 1.807) is 17.8 Å². The molecule has 1 rings (SSSR count). The first-order chi connectivity index (χ1) is 9.01. The second kappa shape index (κ2) is 7.35. The number of hydrogen-bond donors (Lipinski definition) is 1. The number of thioether (sulfide) groups is 1. The lowest BCUT2D eigenvalue weighted by Crippen LogP contribution is -2.30. The van der Waals surface area contributed by atoms with E-state index in [0.29, 0.717) is 11.6 Å². The van der Waals surface area contributed by atoms with E-state index in [4.69, 9.17) is 0 Å². The summed E-state index contributed by atoms with van der Waals surface area (Å²) in [4.78, 5) is 12.3. The van der Waals surface area contributed by atoms with E-state index in [9.17, 15) is 15.2 Å². The van der Waals surface area contributed by atoms with Crippen LogP contribution in [0.5, 0.6) is 0 Å². The molecule has 0 radical (unpaired) electrons. The first-order valence-corrected chi connectivity index (χ1v) is 7.50. The Labute approximate surface area is 117 Å². The Morgan fingerprint density at radius 3 is 2.74 bits per heavy atom. The largest absolute Gasteiger partial charge is 0.392 e. The zero-order valence-corrected chi connectivity index (χ0v) is 12.3. The number of non-ortho nitro benzene ring substituents is 1. The predicted octanol–water partition coefficient (Wildman–Crippen LogP) is 2.66. The van der Waals surface area contributed by atoms with Gasteiger partial charge in [-0.1, -0.05) is 0 Å². The minimum atomic E-state index is -0.444. The van der Waals surface area contributed by atoms with Crippen LogP contribution in [0.15, 0.2) is 18.2 Å². The maximum Gasteiger partial charge on any atom is 0.269 e. The maximum absolute atomic E-state index is 10.7. The van der Waals surface area contributed by atoms with Gasteiger partial charge in [-0.3, -0.25) is 10.1 Å². The highest BCUT2D eigenvalue weighted by Crippen LogP contribution is 2.27. The number of aliphatic hydroxyl groups is 1. The molecule has 0 saturated carbocycles. The van der Waals surface area contributed by atoms with E-state index in [1.807, 2.05) is 7.05 Å². The van der Waals surface area contributed by atoms with Crippen LogP contribution in [0.3, 0.4) is 0 Å². The van der Waals surface area contributed by atoms with Gasteiger partial charge in [0.1, 0.15) is 0 Å². The molecule has 0 aliphatic heterocycles. The number of nitro groups is 1. The molecule has 0 aromatic heterocycles. The molecule has 0 fully saturated rings. The summed E-state index contributed by atoms with van der Waals surface area (Å²) in [5.74, 6) is 1.06. The lowest BCUT2D eigenvalue weighted by atomic mass is 10.1. The number of benzene rings is 1. The second-order valence-corrected chi connectivity index (χ2v) is 5.46. The molecule has 6 heteroatoms. The Bertz CT molecular complexity index is 440. The number of nitrogens with zero attached hydrogens (tertiary/aromatic N) is 2. The van der Waals surface area contributed by atoms with E-state index < -0.39 is 4.92 Å². The van der Waals surface area contributed by atoms with Crippen molar-refractivity contribution in [3.63, 3.8) is 0 Å². The van der Waals surface area contributed by atoms with E-state index >= 15 is 0 Å². The monoisotopic (exact) mass is 284 g/mol.